The van der Waals surface area contributed by atoms with Crippen LogP contribution in [-0.4, -0.2) is 24.0 Å². The van der Waals surface area contributed by atoms with Crippen LogP contribution in [0.2, 0.25) is 16.6 Å². The fourth-order valence-corrected chi connectivity index (χ4v) is 12.7. The van der Waals surface area contributed by atoms with Gasteiger partial charge in [0.1, 0.15) is 8.07 Å². The molecule has 159 valence electrons. The van der Waals surface area contributed by atoms with Crippen LogP contribution in [-0.2, 0) is 4.74 Å². The normalized spacial score (nSPS) is 12.5. The van der Waals surface area contributed by atoms with Gasteiger partial charge in [0, 0.05) is 0 Å². The summed E-state index contributed by atoms with van der Waals surface area (Å²) in [6, 6.07) is 19.1. The molecule has 0 fully saturated rings. The third-order valence-electron chi connectivity index (χ3n) is 6.25. The van der Waals surface area contributed by atoms with Crippen LogP contribution in [0, 0.1) is 18.0 Å². The van der Waals surface area contributed by atoms with Crippen molar-refractivity contribution >= 4 is 28.1 Å². The molecule has 0 unspecified atom stereocenters. The quantitative estimate of drug-likeness (QED) is 0.269. The molecule has 2 aromatic carbocycles. The molecule has 0 atom stereocenters. The van der Waals surface area contributed by atoms with Crippen LogP contribution in [0.3, 0.4) is 0 Å². The van der Waals surface area contributed by atoms with Gasteiger partial charge in [-0.3, -0.25) is 0 Å². The second kappa shape index (κ2) is 10.8. The van der Waals surface area contributed by atoms with Gasteiger partial charge in [-0.2, -0.15) is 0 Å². The molecule has 0 aliphatic heterocycles. The molecule has 3 heteroatoms. The van der Waals surface area contributed by atoms with Crippen LogP contribution in [0.25, 0.3) is 6.08 Å². The van der Waals surface area contributed by atoms with Gasteiger partial charge in [0.05, 0.1) is 12.5 Å². The largest absolute Gasteiger partial charge is 0.505 e. The first-order valence-electron chi connectivity index (χ1n) is 11.0. The van der Waals surface area contributed by atoms with Crippen LogP contribution < -0.4 is 5.19 Å². The molecule has 0 saturated heterocycles. The maximum atomic E-state index is 5.99. The van der Waals surface area contributed by atoms with Crippen LogP contribution in [0.1, 0.15) is 52.7 Å². The third kappa shape index (κ3) is 5.36. The highest BCUT2D eigenvalue weighted by molar-refractivity contribution is 6.94. The number of methoxy groups -OCH3 is 1. The summed E-state index contributed by atoms with van der Waals surface area (Å²) in [6.07, 6.45) is 2.18. The van der Waals surface area contributed by atoms with Crippen LogP contribution >= 0.6 is 0 Å². The molecule has 0 aromatic heterocycles. The zero-order chi connectivity index (χ0) is 22.3. The van der Waals surface area contributed by atoms with Crippen LogP contribution in [0.15, 0.2) is 60.0 Å². The summed E-state index contributed by atoms with van der Waals surface area (Å²) in [5.41, 5.74) is 12.1. The first kappa shape index (κ1) is 24.2. The molecule has 2 rings (SSSR count). The van der Waals surface area contributed by atoms with E-state index in [1.807, 2.05) is 6.07 Å². The van der Waals surface area contributed by atoms with Gasteiger partial charge >= 0.3 is 0 Å². The number of ether oxygens (including phenoxy) is 1. The van der Waals surface area contributed by atoms with Crippen molar-refractivity contribution in [1.29, 1.82) is 0 Å². The van der Waals surface area contributed by atoms with E-state index in [0.717, 1.165) is 10.9 Å². The lowest BCUT2D eigenvalue weighted by Crippen LogP contribution is -2.44. The van der Waals surface area contributed by atoms with E-state index in [1.54, 1.807) is 7.11 Å². The van der Waals surface area contributed by atoms with E-state index in [0.29, 0.717) is 16.6 Å². The van der Waals surface area contributed by atoms with E-state index >= 15 is 0 Å². The maximum absolute atomic E-state index is 5.99. The van der Waals surface area contributed by atoms with Gasteiger partial charge in [-0.25, -0.2) is 0 Å². The minimum atomic E-state index is -1.81. The number of aryl methyl sites for hydroxylation is 1. The average Bonchev–Trinajstić information content (AvgIpc) is 2.70. The fourth-order valence-electron chi connectivity index (χ4n) is 4.65. The fraction of sp³-hybridized carbons (Fsp3) is 0.407. The summed E-state index contributed by atoms with van der Waals surface area (Å²) in [4.78, 5) is 0. The molecule has 0 aliphatic rings. The maximum Gasteiger partial charge on any atom is 0.256 e. The standard InChI is InChI=1S/C27H37OSi2/c1-21(2)30(22(3)4,23(5)6)19-18-29(26-17-13-12-14-24(26)7)27(28-8)20-25-15-10-9-11-16-25/h9-17,20-23H,1-8H3. The van der Waals surface area contributed by atoms with Gasteiger partial charge in [-0.05, 0) is 40.4 Å². The molecule has 0 aliphatic carbocycles. The van der Waals surface area contributed by atoms with E-state index in [9.17, 15) is 0 Å². The SMILES string of the molecule is COC(=Cc1ccccc1)[Si](C#C[Si](C(C)C)(C(C)C)C(C)C)c1ccccc1C. The zero-order valence-corrected chi connectivity index (χ0v) is 21.9. The first-order valence-corrected chi connectivity index (χ1v) is 14.7. The molecule has 30 heavy (non-hydrogen) atoms. The highest BCUT2D eigenvalue weighted by Crippen LogP contribution is 2.40. The summed E-state index contributed by atoms with van der Waals surface area (Å²) in [7, 11) is -1.38. The lowest BCUT2D eigenvalue weighted by Gasteiger charge is -2.38. The van der Waals surface area contributed by atoms with Crippen LogP contribution in [0.4, 0.5) is 0 Å². The Morgan fingerprint density at radius 3 is 1.90 bits per heavy atom. The molecule has 0 spiro atoms. The smallest absolute Gasteiger partial charge is 0.256 e. The number of rotatable bonds is 7. The topological polar surface area (TPSA) is 9.23 Å². The monoisotopic (exact) mass is 433 g/mol. The summed E-state index contributed by atoms with van der Waals surface area (Å²) in [6.45, 7) is 16.4. The van der Waals surface area contributed by atoms with Gasteiger partial charge in [-0.15, -0.1) is 11.1 Å². The average molecular weight is 434 g/mol. The van der Waals surface area contributed by atoms with Crippen molar-refractivity contribution in [3.05, 3.63) is 71.1 Å². The molecule has 0 saturated carbocycles. The Hall–Kier alpha value is -2.03. The van der Waals surface area contributed by atoms with Gasteiger partial charge in [0.25, 0.3) is 8.80 Å². The van der Waals surface area contributed by atoms with Gasteiger partial charge in [0.2, 0.25) is 0 Å². The van der Waals surface area contributed by atoms with Crippen molar-refractivity contribution in [2.24, 2.45) is 0 Å². The van der Waals surface area contributed by atoms with Gasteiger partial charge in [-0.1, -0.05) is 102 Å². The van der Waals surface area contributed by atoms with Crippen molar-refractivity contribution in [3.8, 4) is 11.1 Å². The predicted molar refractivity (Wildman–Crippen MR) is 137 cm³/mol. The number of hydrogen-bond acceptors (Lipinski definition) is 1. The zero-order valence-electron chi connectivity index (χ0n) is 19.9. The van der Waals surface area contributed by atoms with Gasteiger partial charge < -0.3 is 4.74 Å². The second-order valence-corrected chi connectivity index (χ2v) is 16.6. The predicted octanol–water partition coefficient (Wildman–Crippen LogP) is 6.68. The molecular weight excluding hydrogens is 396 g/mol. The van der Waals surface area contributed by atoms with E-state index in [1.165, 1.54) is 10.8 Å². The summed E-state index contributed by atoms with van der Waals surface area (Å²) in [5.74, 6) is 0. The van der Waals surface area contributed by atoms with E-state index < -0.39 is 16.9 Å². The van der Waals surface area contributed by atoms with Crippen molar-refractivity contribution < 1.29 is 4.74 Å². The molecule has 0 N–H and O–H groups in total. The molecular formula is C27H37OSi2. The number of benzene rings is 2. The molecule has 0 heterocycles. The van der Waals surface area contributed by atoms with Gasteiger partial charge in [0.15, 0.2) is 0 Å². The van der Waals surface area contributed by atoms with Crippen molar-refractivity contribution in [1.82, 2.24) is 0 Å². The molecule has 2 aromatic rings. The lowest BCUT2D eigenvalue weighted by atomic mass is 10.2. The Bertz CT molecular complexity index is 879. The molecule has 0 bridgehead atoms. The Morgan fingerprint density at radius 2 is 1.40 bits per heavy atom. The Labute approximate surface area is 187 Å². The molecule has 0 amide bonds. The first-order chi connectivity index (χ1) is 14.2. The van der Waals surface area contributed by atoms with Crippen LogP contribution in [0.5, 0.6) is 0 Å². The Balaban J connectivity index is 2.68. The molecule has 1 radical (unpaired) electrons. The number of hydrogen-bond donors (Lipinski definition) is 0. The van der Waals surface area contributed by atoms with E-state index in [2.05, 4.69) is 114 Å². The van der Waals surface area contributed by atoms with Crippen molar-refractivity contribution in [3.63, 3.8) is 0 Å². The summed E-state index contributed by atoms with van der Waals surface area (Å²) < 4.78 is 5.99. The van der Waals surface area contributed by atoms with E-state index in [4.69, 9.17) is 4.74 Å². The van der Waals surface area contributed by atoms with E-state index in [-0.39, 0.29) is 0 Å². The van der Waals surface area contributed by atoms with Crippen molar-refractivity contribution in [2.75, 3.05) is 7.11 Å². The summed E-state index contributed by atoms with van der Waals surface area (Å²) >= 11 is 0. The highest BCUT2D eigenvalue weighted by Gasteiger charge is 2.42. The lowest BCUT2D eigenvalue weighted by molar-refractivity contribution is 0.323. The van der Waals surface area contributed by atoms with Crippen molar-refractivity contribution in [2.45, 2.75) is 65.1 Å². The molecule has 1 nitrogen and oxygen atoms in total. The third-order valence-corrected chi connectivity index (χ3v) is 15.1. The summed E-state index contributed by atoms with van der Waals surface area (Å²) in [5, 5.41) is 2.34. The second-order valence-electron chi connectivity index (χ2n) is 8.96. The minimum absolute atomic E-state index is 0.620. The Kier molecular flexibility index (Phi) is 8.76. The Morgan fingerprint density at radius 1 is 0.867 bits per heavy atom. The highest BCUT2D eigenvalue weighted by atomic mass is 28.3. The minimum Gasteiger partial charge on any atom is -0.505 e.